The average molecular weight is 655 g/mol. The van der Waals surface area contributed by atoms with Crippen LogP contribution in [0.2, 0.25) is 54.4 Å². The average Bonchev–Trinajstić information content (AvgIpc) is 3.41. The lowest BCUT2D eigenvalue weighted by Gasteiger charge is -2.44. The van der Waals surface area contributed by atoms with Crippen LogP contribution in [0.5, 0.6) is 0 Å². The number of aliphatic hydroxyl groups is 2. The van der Waals surface area contributed by atoms with Crippen LogP contribution in [0, 0.1) is 0 Å². The van der Waals surface area contributed by atoms with Gasteiger partial charge in [0.2, 0.25) is 0 Å². The van der Waals surface area contributed by atoms with Crippen molar-refractivity contribution in [3.8, 4) is 0 Å². The number of fused-ring (bicyclic) bond motifs is 1. The molecule has 0 spiro atoms. The van der Waals surface area contributed by atoms with E-state index in [2.05, 4.69) is 117 Å². The third-order valence-corrected chi connectivity index (χ3v) is 23.8. The quantitative estimate of drug-likeness (QED) is 0.275. The summed E-state index contributed by atoms with van der Waals surface area (Å²) in [4.78, 5) is 13.3. The fourth-order valence-corrected chi connectivity index (χ4v) is 7.88. The van der Waals surface area contributed by atoms with Crippen molar-refractivity contribution in [2.75, 3.05) is 13.2 Å². The van der Waals surface area contributed by atoms with Crippen molar-refractivity contribution in [1.82, 2.24) is 19.5 Å². The number of aromatic nitrogens is 4. The third-order valence-electron chi connectivity index (χ3n) is 10.3. The summed E-state index contributed by atoms with van der Waals surface area (Å²) in [7, 11) is -6.71. The standard InChI is InChI=1S/C30H58N4O6Si3/c1-28(2,3)41(10,11)37-17-21-24(39-42(12,13)29(4,5)6)25(40-43(14,15)30(7,8)9)27(38-21)34-19-33-23-22(20(36)16-35)31-18-32-26(23)34/h18-21,24-25,27,35-36H,16-17H2,1-15H3/t20?,21-,24-,25-,27-/m1/s1. The van der Waals surface area contributed by atoms with Crippen LogP contribution in [0.15, 0.2) is 12.7 Å². The van der Waals surface area contributed by atoms with Crippen molar-refractivity contribution in [2.24, 2.45) is 0 Å². The van der Waals surface area contributed by atoms with Gasteiger partial charge in [0.25, 0.3) is 0 Å². The van der Waals surface area contributed by atoms with E-state index < -0.39 is 50.0 Å². The molecule has 3 heterocycles. The van der Waals surface area contributed by atoms with E-state index in [4.69, 9.17) is 18.0 Å². The lowest BCUT2D eigenvalue weighted by Crippen LogP contribution is -2.54. The molecule has 2 aromatic rings. The van der Waals surface area contributed by atoms with Gasteiger partial charge in [-0.15, -0.1) is 0 Å². The van der Waals surface area contributed by atoms with Gasteiger partial charge < -0.3 is 28.2 Å². The van der Waals surface area contributed by atoms with E-state index in [-0.39, 0.29) is 33.0 Å². The molecule has 0 radical (unpaired) electrons. The predicted molar refractivity (Wildman–Crippen MR) is 179 cm³/mol. The molecular weight excluding hydrogens is 597 g/mol. The van der Waals surface area contributed by atoms with E-state index >= 15 is 0 Å². The Kier molecular flexibility index (Phi) is 10.4. The molecule has 0 aromatic carbocycles. The Labute approximate surface area is 262 Å². The lowest BCUT2D eigenvalue weighted by atomic mass is 10.1. The zero-order chi connectivity index (χ0) is 33.0. The van der Waals surface area contributed by atoms with Crippen molar-refractivity contribution >= 4 is 36.1 Å². The summed E-state index contributed by atoms with van der Waals surface area (Å²) in [6, 6.07) is 0. The molecule has 43 heavy (non-hydrogen) atoms. The largest absolute Gasteiger partial charge is 0.414 e. The Balaban J connectivity index is 2.19. The summed E-state index contributed by atoms with van der Waals surface area (Å²) in [6.45, 7) is 33.6. The first kappa shape index (κ1) is 36.4. The van der Waals surface area contributed by atoms with E-state index in [1.165, 1.54) is 6.33 Å². The number of aliphatic hydroxyl groups excluding tert-OH is 2. The molecule has 2 aromatic heterocycles. The number of hydrogen-bond acceptors (Lipinski definition) is 9. The Hall–Kier alpha value is -1.04. The zero-order valence-corrected chi connectivity index (χ0v) is 32.3. The van der Waals surface area contributed by atoms with Gasteiger partial charge in [-0.25, -0.2) is 15.0 Å². The molecule has 0 saturated carbocycles. The van der Waals surface area contributed by atoms with Crippen LogP contribution >= 0.6 is 0 Å². The van der Waals surface area contributed by atoms with Crippen molar-refractivity contribution in [3.05, 3.63) is 18.3 Å². The van der Waals surface area contributed by atoms with E-state index in [1.54, 1.807) is 6.33 Å². The van der Waals surface area contributed by atoms with Gasteiger partial charge in [0, 0.05) is 0 Å². The highest BCUT2D eigenvalue weighted by Crippen LogP contribution is 2.47. The van der Waals surface area contributed by atoms with Gasteiger partial charge in [-0.1, -0.05) is 62.3 Å². The van der Waals surface area contributed by atoms with Crippen molar-refractivity contribution in [3.63, 3.8) is 0 Å². The monoisotopic (exact) mass is 654 g/mol. The van der Waals surface area contributed by atoms with E-state index in [0.717, 1.165) is 0 Å². The maximum absolute atomic E-state index is 10.4. The van der Waals surface area contributed by atoms with Crippen LogP contribution in [0.25, 0.3) is 11.2 Å². The number of imidazole rings is 1. The summed E-state index contributed by atoms with van der Waals surface area (Å²) < 4.78 is 30.0. The predicted octanol–water partition coefficient (Wildman–Crippen LogP) is 6.55. The van der Waals surface area contributed by atoms with Crippen LogP contribution < -0.4 is 0 Å². The van der Waals surface area contributed by atoms with Gasteiger partial charge in [0.15, 0.2) is 36.8 Å². The first-order valence-electron chi connectivity index (χ1n) is 15.5. The molecule has 1 aliphatic rings. The highest BCUT2D eigenvalue weighted by Gasteiger charge is 2.55. The topological polar surface area (TPSA) is 121 Å². The van der Waals surface area contributed by atoms with Crippen LogP contribution in [0.3, 0.4) is 0 Å². The molecule has 0 aliphatic carbocycles. The zero-order valence-electron chi connectivity index (χ0n) is 29.3. The second kappa shape index (κ2) is 12.3. The third kappa shape index (κ3) is 7.51. The molecule has 1 saturated heterocycles. The van der Waals surface area contributed by atoms with Gasteiger partial charge in [-0.2, -0.15) is 0 Å². The normalized spacial score (nSPS) is 23.7. The van der Waals surface area contributed by atoms with Gasteiger partial charge in [-0.05, 0) is 54.4 Å². The fraction of sp³-hybridized carbons (Fsp3) is 0.833. The van der Waals surface area contributed by atoms with Gasteiger partial charge in [-0.3, -0.25) is 4.57 Å². The summed E-state index contributed by atoms with van der Waals surface area (Å²) in [5.74, 6) is 0. The van der Waals surface area contributed by atoms with Gasteiger partial charge in [0.05, 0.1) is 19.5 Å². The number of rotatable bonds is 10. The van der Waals surface area contributed by atoms with Crippen molar-refractivity contribution in [2.45, 2.75) is 147 Å². The fourth-order valence-electron chi connectivity index (χ4n) is 4.26. The number of ether oxygens (including phenoxy) is 1. The maximum Gasteiger partial charge on any atom is 0.192 e. The molecule has 0 bridgehead atoms. The van der Waals surface area contributed by atoms with Crippen LogP contribution in [-0.2, 0) is 18.0 Å². The molecule has 1 aliphatic heterocycles. The molecule has 1 unspecified atom stereocenters. The molecule has 0 amide bonds. The second-order valence-electron chi connectivity index (χ2n) is 16.6. The minimum atomic E-state index is -2.32. The van der Waals surface area contributed by atoms with Crippen LogP contribution in [0.4, 0.5) is 0 Å². The molecule has 2 N–H and O–H groups in total. The lowest BCUT2D eigenvalue weighted by molar-refractivity contribution is -0.0470. The SMILES string of the molecule is CC(C)(C)[Si](C)(C)OC[C@H]1O[C@@H](n2cnc3c(C(O)CO)ncnc32)[C@H](O[Si](C)(C)C(C)(C)C)[C@@H]1O[Si](C)(C)C(C)(C)C. The second-order valence-corrected chi connectivity index (χ2v) is 30.9. The Morgan fingerprint density at radius 3 is 1.81 bits per heavy atom. The van der Waals surface area contributed by atoms with Gasteiger partial charge in [0.1, 0.15) is 42.0 Å². The molecular formula is C30H58N4O6Si3. The Morgan fingerprint density at radius 2 is 1.33 bits per heavy atom. The molecule has 5 atom stereocenters. The van der Waals surface area contributed by atoms with E-state index in [0.29, 0.717) is 17.8 Å². The van der Waals surface area contributed by atoms with Crippen LogP contribution in [0.1, 0.15) is 80.3 Å². The molecule has 3 rings (SSSR count). The van der Waals surface area contributed by atoms with Crippen molar-refractivity contribution < 1.29 is 28.2 Å². The first-order valence-corrected chi connectivity index (χ1v) is 24.2. The van der Waals surface area contributed by atoms with Crippen LogP contribution in [-0.4, -0.2) is 86.2 Å². The molecule has 13 heteroatoms. The summed E-state index contributed by atoms with van der Waals surface area (Å²) in [5, 5.41) is 20.0. The number of nitrogens with zero attached hydrogens (tertiary/aromatic N) is 4. The summed E-state index contributed by atoms with van der Waals surface area (Å²) >= 11 is 0. The van der Waals surface area contributed by atoms with E-state index in [1.807, 2.05) is 4.57 Å². The summed E-state index contributed by atoms with van der Waals surface area (Å²) in [6.07, 6.45) is 0.0572. The summed E-state index contributed by atoms with van der Waals surface area (Å²) in [5.41, 5.74) is 1.20. The molecule has 246 valence electrons. The van der Waals surface area contributed by atoms with E-state index in [9.17, 15) is 10.2 Å². The minimum absolute atomic E-state index is 0.0261. The van der Waals surface area contributed by atoms with Crippen molar-refractivity contribution in [1.29, 1.82) is 0 Å². The Morgan fingerprint density at radius 1 is 0.814 bits per heavy atom. The Bertz CT molecular complexity index is 1250. The number of hydrogen-bond donors (Lipinski definition) is 2. The van der Waals surface area contributed by atoms with Gasteiger partial charge >= 0.3 is 0 Å². The highest BCUT2D eigenvalue weighted by molar-refractivity contribution is 6.75. The first-order chi connectivity index (χ1) is 19.3. The molecule has 10 nitrogen and oxygen atoms in total. The molecule has 1 fully saturated rings. The maximum atomic E-state index is 10.4. The highest BCUT2D eigenvalue weighted by atomic mass is 28.4. The minimum Gasteiger partial charge on any atom is -0.414 e. The smallest absolute Gasteiger partial charge is 0.192 e.